The lowest BCUT2D eigenvalue weighted by Gasteiger charge is -2.37. The molecule has 2 aromatic rings. The quantitative estimate of drug-likeness (QED) is 0.328. The van der Waals surface area contributed by atoms with Crippen LogP contribution in [0.15, 0.2) is 24.3 Å². The lowest BCUT2D eigenvalue weighted by molar-refractivity contribution is -0.237. The van der Waals surface area contributed by atoms with Gasteiger partial charge >= 0.3 is 0 Å². The number of ketones is 3. The van der Waals surface area contributed by atoms with E-state index in [1.165, 1.54) is 12.1 Å². The van der Waals surface area contributed by atoms with E-state index >= 15 is 0 Å². The lowest BCUT2D eigenvalue weighted by atomic mass is 9.74. The highest BCUT2D eigenvalue weighted by Gasteiger charge is 2.44. The Balaban J connectivity index is 1.64. The van der Waals surface area contributed by atoms with Gasteiger partial charge in [-0.3, -0.25) is 14.4 Å². The number of phenolic OH excluding ortho intramolecular Hbond substituents is 2. The van der Waals surface area contributed by atoms with Gasteiger partial charge in [0.25, 0.3) is 0 Å². The Labute approximate surface area is 199 Å². The van der Waals surface area contributed by atoms with Crippen LogP contribution in [0.2, 0.25) is 0 Å². The fraction of sp³-hybridized carbons (Fsp3) is 0.400. The number of aliphatic hydroxyl groups excluding tert-OH is 2. The van der Waals surface area contributed by atoms with E-state index in [-0.39, 0.29) is 71.6 Å². The summed E-state index contributed by atoms with van der Waals surface area (Å²) < 4.78 is 11.5. The fourth-order valence-corrected chi connectivity index (χ4v) is 5.20. The summed E-state index contributed by atoms with van der Waals surface area (Å²) in [5.41, 5.74) is 5.38. The van der Waals surface area contributed by atoms with Crippen LogP contribution in [-0.4, -0.2) is 69.4 Å². The smallest absolute Gasteiger partial charge is 0.198 e. The molecule has 0 aromatic heterocycles. The highest BCUT2D eigenvalue weighted by Crippen LogP contribution is 2.51. The molecule has 1 fully saturated rings. The number of hydrogen-bond acceptors (Lipinski definition) is 10. The second-order valence-electron chi connectivity index (χ2n) is 9.11. The van der Waals surface area contributed by atoms with Crippen molar-refractivity contribution < 1.29 is 44.3 Å². The van der Waals surface area contributed by atoms with Crippen molar-refractivity contribution in [3.8, 4) is 11.5 Å². The summed E-state index contributed by atoms with van der Waals surface area (Å²) in [7, 11) is 0. The third kappa shape index (κ3) is 3.74. The Morgan fingerprint density at radius 2 is 1.63 bits per heavy atom. The number of ether oxygens (including phenoxy) is 2. The summed E-state index contributed by atoms with van der Waals surface area (Å²) in [6, 6.07) is 6.14. The Morgan fingerprint density at radius 3 is 2.23 bits per heavy atom. The van der Waals surface area contributed by atoms with Gasteiger partial charge in [0.2, 0.25) is 0 Å². The SMILES string of the molecule is NCC(=O)[C@H]1Cc2c(O)c3c(c(O)c2[C@@H](O[C@@H]2C[C@H](O)[C@H](O)CO2)C1)C(=O)c1ccccc1C3=O. The maximum atomic E-state index is 13.3. The molecule has 10 heteroatoms. The van der Waals surface area contributed by atoms with E-state index in [9.17, 15) is 34.8 Å². The van der Waals surface area contributed by atoms with E-state index in [4.69, 9.17) is 15.2 Å². The number of nitrogens with two attached hydrogens (primary N) is 1. The number of aromatic hydroxyl groups is 2. The monoisotopic (exact) mass is 483 g/mol. The summed E-state index contributed by atoms with van der Waals surface area (Å²) in [6.07, 6.45) is -4.16. The zero-order valence-corrected chi connectivity index (χ0v) is 18.6. The number of hydrogen-bond donors (Lipinski definition) is 5. The largest absolute Gasteiger partial charge is 0.507 e. The van der Waals surface area contributed by atoms with E-state index in [1.807, 2.05) is 0 Å². The topological polar surface area (TPSA) is 177 Å². The first kappa shape index (κ1) is 23.6. The van der Waals surface area contributed by atoms with Crippen molar-refractivity contribution in [1.82, 2.24) is 0 Å². The molecule has 6 N–H and O–H groups in total. The summed E-state index contributed by atoms with van der Waals surface area (Å²) >= 11 is 0. The molecule has 0 radical (unpaired) electrons. The first-order chi connectivity index (χ1) is 16.7. The van der Waals surface area contributed by atoms with Gasteiger partial charge in [0.15, 0.2) is 17.9 Å². The highest BCUT2D eigenvalue weighted by atomic mass is 16.7. The minimum atomic E-state index is -1.10. The van der Waals surface area contributed by atoms with E-state index in [0.29, 0.717) is 0 Å². The molecule has 10 nitrogen and oxygen atoms in total. The molecule has 1 aliphatic heterocycles. The Kier molecular flexibility index (Phi) is 5.94. The van der Waals surface area contributed by atoms with Crippen LogP contribution < -0.4 is 5.73 Å². The molecule has 1 saturated heterocycles. The van der Waals surface area contributed by atoms with Gasteiger partial charge in [0.05, 0.1) is 36.5 Å². The van der Waals surface area contributed by atoms with Gasteiger partial charge in [-0.05, 0) is 12.8 Å². The standard InChI is InChI=1S/C25H25NO9/c26-8-15(28)10-5-13-19(17(6-10)35-18-7-14(27)16(29)9-34-18)25(33)21-20(24(13)32)22(30)11-3-1-2-4-12(11)23(21)31/h1-4,10,14,16-18,27,29,32-33H,5-9,26H2/t10-,14-,16+,17-,18+/m0/s1. The number of fused-ring (bicyclic) bond motifs is 3. The average Bonchev–Trinajstić information content (AvgIpc) is 2.86. The van der Waals surface area contributed by atoms with Gasteiger partial charge in [0.1, 0.15) is 23.4 Å². The van der Waals surface area contributed by atoms with Gasteiger partial charge < -0.3 is 35.6 Å². The van der Waals surface area contributed by atoms with Crippen LogP contribution in [0.3, 0.4) is 0 Å². The first-order valence-corrected chi connectivity index (χ1v) is 11.4. The minimum absolute atomic E-state index is 0.00607. The van der Waals surface area contributed by atoms with Crippen LogP contribution in [0.1, 0.15) is 61.9 Å². The number of benzene rings is 2. The predicted molar refractivity (Wildman–Crippen MR) is 119 cm³/mol. The van der Waals surface area contributed by atoms with Crippen molar-refractivity contribution in [3.05, 3.63) is 57.6 Å². The molecule has 0 unspecified atom stereocenters. The fourth-order valence-electron chi connectivity index (χ4n) is 5.20. The van der Waals surface area contributed by atoms with Crippen LogP contribution in [-0.2, 0) is 20.7 Å². The molecule has 0 bridgehead atoms. The molecule has 5 rings (SSSR count). The number of carbonyl (C=O) groups is 3. The molecule has 3 aliphatic rings. The van der Waals surface area contributed by atoms with Gasteiger partial charge in [-0.1, -0.05) is 24.3 Å². The zero-order chi connectivity index (χ0) is 25.0. The van der Waals surface area contributed by atoms with Crippen LogP contribution in [0.25, 0.3) is 0 Å². The summed E-state index contributed by atoms with van der Waals surface area (Å²) in [5.74, 6) is -3.18. The van der Waals surface area contributed by atoms with Crippen molar-refractivity contribution in [2.75, 3.05) is 13.2 Å². The average molecular weight is 483 g/mol. The number of phenols is 2. The Morgan fingerprint density at radius 1 is 1.00 bits per heavy atom. The normalized spacial score (nSPS) is 27.7. The second-order valence-corrected chi connectivity index (χ2v) is 9.11. The maximum absolute atomic E-state index is 13.3. The van der Waals surface area contributed by atoms with Crippen molar-refractivity contribution in [3.63, 3.8) is 0 Å². The van der Waals surface area contributed by atoms with E-state index < -0.39 is 53.6 Å². The highest BCUT2D eigenvalue weighted by molar-refractivity contribution is 6.30. The zero-order valence-electron chi connectivity index (χ0n) is 18.6. The van der Waals surface area contributed by atoms with E-state index in [1.54, 1.807) is 12.1 Å². The molecule has 0 amide bonds. The third-order valence-electron chi connectivity index (χ3n) is 7.03. The molecule has 2 aromatic carbocycles. The third-order valence-corrected chi connectivity index (χ3v) is 7.03. The van der Waals surface area contributed by atoms with Crippen LogP contribution in [0, 0.1) is 5.92 Å². The maximum Gasteiger partial charge on any atom is 0.198 e. The van der Waals surface area contributed by atoms with Crippen molar-refractivity contribution in [2.24, 2.45) is 11.7 Å². The predicted octanol–water partition coefficient (Wildman–Crippen LogP) is 0.489. The molecule has 0 saturated carbocycles. The van der Waals surface area contributed by atoms with Crippen LogP contribution >= 0.6 is 0 Å². The Bertz CT molecular complexity index is 1240. The minimum Gasteiger partial charge on any atom is -0.507 e. The van der Waals surface area contributed by atoms with Gasteiger partial charge in [0, 0.05) is 34.6 Å². The van der Waals surface area contributed by atoms with E-state index in [0.717, 1.165) is 0 Å². The van der Waals surface area contributed by atoms with Crippen molar-refractivity contribution >= 4 is 17.3 Å². The van der Waals surface area contributed by atoms with Crippen molar-refractivity contribution in [2.45, 2.75) is 43.9 Å². The van der Waals surface area contributed by atoms with Gasteiger partial charge in [-0.2, -0.15) is 0 Å². The van der Waals surface area contributed by atoms with Crippen LogP contribution in [0.5, 0.6) is 11.5 Å². The van der Waals surface area contributed by atoms with Gasteiger partial charge in [-0.25, -0.2) is 0 Å². The summed E-state index contributed by atoms with van der Waals surface area (Å²) in [5, 5.41) is 42.2. The Hall–Kier alpha value is -3.15. The van der Waals surface area contributed by atoms with Crippen LogP contribution in [0.4, 0.5) is 0 Å². The molecule has 184 valence electrons. The first-order valence-electron chi connectivity index (χ1n) is 11.4. The molecule has 2 aliphatic carbocycles. The van der Waals surface area contributed by atoms with E-state index in [2.05, 4.69) is 0 Å². The number of carbonyl (C=O) groups excluding carboxylic acids is 3. The summed E-state index contributed by atoms with van der Waals surface area (Å²) in [4.78, 5) is 39.0. The van der Waals surface area contributed by atoms with Gasteiger partial charge in [-0.15, -0.1) is 0 Å². The lowest BCUT2D eigenvalue weighted by Crippen LogP contribution is -2.43. The number of aliphatic hydroxyl groups is 2. The summed E-state index contributed by atoms with van der Waals surface area (Å²) in [6.45, 7) is -0.429. The number of Topliss-reactive ketones (excluding diaryl/α,β-unsaturated/α-hetero) is 1. The van der Waals surface area contributed by atoms with Crippen molar-refractivity contribution in [1.29, 1.82) is 0 Å². The molecule has 1 heterocycles. The molecule has 5 atom stereocenters. The molecule has 35 heavy (non-hydrogen) atoms. The molecular weight excluding hydrogens is 458 g/mol. The second kappa shape index (κ2) is 8.81. The molecule has 0 spiro atoms. The number of rotatable bonds is 4. The molecular formula is C25H25NO9.